The van der Waals surface area contributed by atoms with Crippen LogP contribution in [0.3, 0.4) is 0 Å². The van der Waals surface area contributed by atoms with Gasteiger partial charge in [-0.1, -0.05) is 17.7 Å². The van der Waals surface area contributed by atoms with Crippen LogP contribution in [0.4, 0.5) is 0 Å². The van der Waals surface area contributed by atoms with Crippen LogP contribution in [0.2, 0.25) is 4.34 Å². The van der Waals surface area contributed by atoms with Crippen LogP contribution in [0, 0.1) is 0 Å². The summed E-state index contributed by atoms with van der Waals surface area (Å²) in [7, 11) is 0. The van der Waals surface area contributed by atoms with Crippen molar-refractivity contribution >= 4 is 34.3 Å². The highest BCUT2D eigenvalue weighted by atomic mass is 35.5. The molecule has 2 aromatic heterocycles. The molecule has 2 rings (SSSR count). The lowest BCUT2D eigenvalue weighted by Gasteiger charge is -2.16. The second kappa shape index (κ2) is 8.15. The third kappa shape index (κ3) is 4.86. The Balaban J connectivity index is 1.91. The molecule has 0 aliphatic heterocycles. The van der Waals surface area contributed by atoms with Crippen LogP contribution in [0.5, 0.6) is 0 Å². The van der Waals surface area contributed by atoms with E-state index in [9.17, 15) is 0 Å². The molecule has 0 fully saturated rings. The molecule has 2 heterocycles. The van der Waals surface area contributed by atoms with Gasteiger partial charge >= 0.3 is 0 Å². The van der Waals surface area contributed by atoms with Crippen molar-refractivity contribution in [1.29, 1.82) is 0 Å². The molecule has 0 amide bonds. The van der Waals surface area contributed by atoms with E-state index in [0.717, 1.165) is 23.9 Å². The largest absolute Gasteiger partial charge is 0.379 e. The second-order valence-electron chi connectivity index (χ2n) is 4.82. The fourth-order valence-corrected chi connectivity index (χ4v) is 3.97. The number of hydrogen-bond acceptors (Lipinski definition) is 4. The smallest absolute Gasteiger partial charge is 0.0931 e. The summed E-state index contributed by atoms with van der Waals surface area (Å²) in [6.45, 7) is 5.86. The van der Waals surface area contributed by atoms with E-state index in [0.29, 0.717) is 6.10 Å². The van der Waals surface area contributed by atoms with Crippen LogP contribution in [0.1, 0.15) is 36.1 Å². The van der Waals surface area contributed by atoms with Gasteiger partial charge in [-0.3, -0.25) is 0 Å². The van der Waals surface area contributed by atoms with Gasteiger partial charge in [0.15, 0.2) is 0 Å². The van der Waals surface area contributed by atoms with Gasteiger partial charge in [-0.25, -0.2) is 0 Å². The number of ether oxygens (including phenoxy) is 1. The molecule has 20 heavy (non-hydrogen) atoms. The summed E-state index contributed by atoms with van der Waals surface area (Å²) >= 11 is 9.47. The fourth-order valence-electron chi connectivity index (χ4n) is 1.92. The molecule has 2 aromatic rings. The minimum absolute atomic E-state index is 0.242. The van der Waals surface area contributed by atoms with Crippen molar-refractivity contribution in [1.82, 2.24) is 5.32 Å². The SMILES string of the molecule is CC(C)OCCCNC(c1cccs1)c1ccc(Cl)s1. The molecule has 110 valence electrons. The van der Waals surface area contributed by atoms with Crippen LogP contribution >= 0.6 is 34.3 Å². The fraction of sp³-hybridized carbons (Fsp3) is 0.467. The van der Waals surface area contributed by atoms with E-state index in [4.69, 9.17) is 16.3 Å². The normalized spacial score (nSPS) is 13.0. The minimum atomic E-state index is 0.242. The topological polar surface area (TPSA) is 21.3 Å². The Hall–Kier alpha value is -0.390. The molecule has 0 bridgehead atoms. The van der Waals surface area contributed by atoms with Gasteiger partial charge in [-0.15, -0.1) is 22.7 Å². The highest BCUT2D eigenvalue weighted by Gasteiger charge is 2.16. The summed E-state index contributed by atoms with van der Waals surface area (Å²) in [5.41, 5.74) is 0. The first-order chi connectivity index (χ1) is 9.66. The molecule has 0 aromatic carbocycles. The summed E-state index contributed by atoms with van der Waals surface area (Å²) in [5, 5.41) is 5.72. The Morgan fingerprint density at radius 1 is 1.25 bits per heavy atom. The van der Waals surface area contributed by atoms with Crippen molar-refractivity contribution in [3.8, 4) is 0 Å². The van der Waals surface area contributed by atoms with Gasteiger partial charge in [-0.2, -0.15) is 0 Å². The van der Waals surface area contributed by atoms with Crippen LogP contribution in [0.25, 0.3) is 0 Å². The molecular weight excluding hydrogens is 310 g/mol. The van der Waals surface area contributed by atoms with Crippen molar-refractivity contribution in [3.63, 3.8) is 0 Å². The molecule has 1 atom stereocenters. The van der Waals surface area contributed by atoms with Crippen molar-refractivity contribution < 1.29 is 4.74 Å². The van der Waals surface area contributed by atoms with Gasteiger partial charge in [0.25, 0.3) is 0 Å². The Morgan fingerprint density at radius 2 is 2.10 bits per heavy atom. The van der Waals surface area contributed by atoms with Gasteiger partial charge in [0.1, 0.15) is 0 Å². The maximum Gasteiger partial charge on any atom is 0.0931 e. The number of rotatable bonds is 8. The summed E-state index contributed by atoms with van der Waals surface area (Å²) in [5.74, 6) is 0. The van der Waals surface area contributed by atoms with Gasteiger partial charge < -0.3 is 10.1 Å². The zero-order valence-corrected chi connectivity index (χ0v) is 14.2. The highest BCUT2D eigenvalue weighted by Crippen LogP contribution is 2.32. The Morgan fingerprint density at radius 3 is 2.70 bits per heavy atom. The lowest BCUT2D eigenvalue weighted by molar-refractivity contribution is 0.0769. The van der Waals surface area contributed by atoms with Crippen LogP contribution in [0.15, 0.2) is 29.6 Å². The van der Waals surface area contributed by atoms with Gasteiger partial charge in [0, 0.05) is 16.4 Å². The van der Waals surface area contributed by atoms with E-state index >= 15 is 0 Å². The third-order valence-corrected chi connectivity index (χ3v) is 5.06. The van der Waals surface area contributed by atoms with Crippen molar-refractivity contribution in [2.24, 2.45) is 0 Å². The molecule has 0 radical (unpaired) electrons. The van der Waals surface area contributed by atoms with Crippen molar-refractivity contribution in [3.05, 3.63) is 43.7 Å². The minimum Gasteiger partial charge on any atom is -0.379 e. The molecule has 0 aliphatic carbocycles. The molecule has 0 saturated carbocycles. The van der Waals surface area contributed by atoms with E-state index in [1.807, 2.05) is 6.07 Å². The van der Waals surface area contributed by atoms with Crippen molar-refractivity contribution in [2.45, 2.75) is 32.4 Å². The maximum atomic E-state index is 6.06. The zero-order valence-electron chi connectivity index (χ0n) is 11.8. The van der Waals surface area contributed by atoms with Gasteiger partial charge in [0.2, 0.25) is 0 Å². The van der Waals surface area contributed by atoms with Crippen molar-refractivity contribution in [2.75, 3.05) is 13.2 Å². The third-order valence-electron chi connectivity index (χ3n) is 2.83. The van der Waals surface area contributed by atoms with Gasteiger partial charge in [-0.05, 0) is 50.4 Å². The van der Waals surface area contributed by atoms with E-state index in [2.05, 4.69) is 42.7 Å². The van der Waals surface area contributed by atoms with E-state index in [1.54, 1.807) is 22.7 Å². The standard InChI is InChI=1S/C15H20ClNOS2/c1-11(2)18-9-4-8-17-15(12-5-3-10-19-12)13-6-7-14(16)20-13/h3,5-7,10-11,15,17H,4,8-9H2,1-2H3. The lowest BCUT2D eigenvalue weighted by atomic mass is 10.2. The van der Waals surface area contributed by atoms with E-state index in [1.165, 1.54) is 9.75 Å². The summed E-state index contributed by atoms with van der Waals surface area (Å²) in [6, 6.07) is 8.57. The van der Waals surface area contributed by atoms with E-state index < -0.39 is 0 Å². The molecule has 1 unspecified atom stereocenters. The predicted molar refractivity (Wildman–Crippen MR) is 89.2 cm³/mol. The summed E-state index contributed by atoms with van der Waals surface area (Å²) in [6.07, 6.45) is 1.32. The predicted octanol–water partition coefficient (Wildman–Crippen LogP) is 4.96. The Bertz CT molecular complexity index is 496. The average Bonchev–Trinajstić information content (AvgIpc) is 3.05. The molecule has 1 N–H and O–H groups in total. The molecule has 0 spiro atoms. The molecule has 0 saturated heterocycles. The molecule has 5 heteroatoms. The summed E-state index contributed by atoms with van der Waals surface area (Å²) in [4.78, 5) is 2.59. The number of nitrogens with one attached hydrogen (secondary N) is 1. The first kappa shape index (κ1) is 16.0. The number of hydrogen-bond donors (Lipinski definition) is 1. The lowest BCUT2D eigenvalue weighted by Crippen LogP contribution is -2.23. The highest BCUT2D eigenvalue weighted by molar-refractivity contribution is 7.16. The zero-order chi connectivity index (χ0) is 14.4. The number of thiophene rings is 2. The van der Waals surface area contributed by atoms with Crippen LogP contribution in [-0.4, -0.2) is 19.3 Å². The van der Waals surface area contributed by atoms with Crippen LogP contribution < -0.4 is 5.32 Å². The molecular formula is C15H20ClNOS2. The second-order valence-corrected chi connectivity index (χ2v) is 7.54. The van der Waals surface area contributed by atoms with E-state index in [-0.39, 0.29) is 6.04 Å². The average molecular weight is 330 g/mol. The molecule has 0 aliphatic rings. The van der Waals surface area contributed by atoms with Crippen LogP contribution in [-0.2, 0) is 4.74 Å². The van der Waals surface area contributed by atoms with Gasteiger partial charge in [0.05, 0.1) is 16.5 Å². The Kier molecular flexibility index (Phi) is 6.52. The number of halogens is 1. The first-order valence-electron chi connectivity index (χ1n) is 6.80. The maximum absolute atomic E-state index is 6.06. The quantitative estimate of drug-likeness (QED) is 0.691. The first-order valence-corrected chi connectivity index (χ1v) is 8.88. The summed E-state index contributed by atoms with van der Waals surface area (Å²) < 4.78 is 6.41. The molecule has 2 nitrogen and oxygen atoms in total. The monoisotopic (exact) mass is 329 g/mol. The Labute approximate surface area is 133 Å².